The van der Waals surface area contributed by atoms with Gasteiger partial charge in [0.2, 0.25) is 12.1 Å². The van der Waals surface area contributed by atoms with Crippen LogP contribution in [0.25, 0.3) is 44.5 Å². The van der Waals surface area contributed by atoms with Crippen LogP contribution in [0.3, 0.4) is 0 Å². The number of pyridine rings is 1. The van der Waals surface area contributed by atoms with Crippen LogP contribution in [0.15, 0.2) is 85.3 Å². The highest BCUT2D eigenvalue weighted by molar-refractivity contribution is 5.81. The van der Waals surface area contributed by atoms with Crippen molar-refractivity contribution >= 4 is 11.5 Å². The number of piperidine rings is 1. The predicted molar refractivity (Wildman–Crippen MR) is 234 cm³/mol. The lowest BCUT2D eigenvalue weighted by atomic mass is 9.93. The third-order valence-electron chi connectivity index (χ3n) is 12.4. The number of H-pyrrole nitrogens is 1. The van der Waals surface area contributed by atoms with Crippen molar-refractivity contribution in [2.75, 3.05) is 36.5 Å². The van der Waals surface area contributed by atoms with Crippen molar-refractivity contribution in [3.63, 3.8) is 0 Å². The molecule has 0 radical (unpaired) electrons. The smallest absolute Gasteiger partial charge is 0.279 e. The number of halogens is 1. The molecule has 0 spiro atoms. The number of nitrogens with zero attached hydrogens (tertiary/aromatic N) is 6. The van der Waals surface area contributed by atoms with Crippen LogP contribution in [0, 0.1) is 5.82 Å². The topological polar surface area (TPSA) is 117 Å². The van der Waals surface area contributed by atoms with Gasteiger partial charge in [0.25, 0.3) is 12.5 Å². The Bertz CT molecular complexity index is 2590. The van der Waals surface area contributed by atoms with Gasteiger partial charge in [0.15, 0.2) is 0 Å². The summed E-state index contributed by atoms with van der Waals surface area (Å²) in [4.78, 5) is 9.61. The number of rotatable bonds is 9. The van der Waals surface area contributed by atoms with Gasteiger partial charge < -0.3 is 34.6 Å². The molecule has 3 atom stereocenters. The maximum atomic E-state index is 16.8. The number of benzene rings is 3. The van der Waals surface area contributed by atoms with Gasteiger partial charge in [-0.3, -0.25) is 5.10 Å². The van der Waals surface area contributed by atoms with Crippen LogP contribution in [0.2, 0.25) is 0 Å². The Morgan fingerprint density at radius 1 is 0.934 bits per heavy atom. The summed E-state index contributed by atoms with van der Waals surface area (Å²) >= 11 is 0. The Morgan fingerprint density at radius 3 is 2.59 bits per heavy atom. The molecule has 61 heavy (non-hydrogen) atoms. The quantitative estimate of drug-likeness (QED) is 0.126. The van der Waals surface area contributed by atoms with E-state index in [1.807, 2.05) is 47.5 Å². The van der Waals surface area contributed by atoms with E-state index in [1.54, 1.807) is 13.2 Å². The van der Waals surface area contributed by atoms with Gasteiger partial charge in [0.05, 0.1) is 18.9 Å². The molecule has 4 aliphatic heterocycles. The summed E-state index contributed by atoms with van der Waals surface area (Å²) in [6.45, 7) is 12.5. The number of hydrogen-bond acceptors (Lipinski definition) is 10. The fourth-order valence-corrected chi connectivity index (χ4v) is 9.54. The van der Waals surface area contributed by atoms with E-state index in [0.29, 0.717) is 53.8 Å². The van der Waals surface area contributed by atoms with Gasteiger partial charge in [0, 0.05) is 93.7 Å². The van der Waals surface area contributed by atoms with Crippen molar-refractivity contribution in [1.29, 1.82) is 0 Å². The van der Waals surface area contributed by atoms with Gasteiger partial charge in [-0.1, -0.05) is 28.9 Å². The predicted octanol–water partition coefficient (Wildman–Crippen LogP) is 7.66. The van der Waals surface area contributed by atoms with Gasteiger partial charge in [-0.25, -0.2) is 4.39 Å². The molecule has 0 aliphatic carbocycles. The Labute approximate surface area is 356 Å². The second-order valence-corrected chi connectivity index (χ2v) is 17.9. The zero-order valence-electron chi connectivity index (χ0n) is 35.5. The first kappa shape index (κ1) is 39.1. The van der Waals surface area contributed by atoms with E-state index >= 15 is 4.39 Å². The van der Waals surface area contributed by atoms with E-state index in [2.05, 4.69) is 94.7 Å². The highest BCUT2D eigenvalue weighted by atomic mass is 19.1. The second-order valence-electron chi connectivity index (χ2n) is 17.9. The molecule has 3 aromatic carbocycles. The number of aromatic nitrogens is 5. The lowest BCUT2D eigenvalue weighted by Gasteiger charge is -2.37. The van der Waals surface area contributed by atoms with Crippen LogP contribution in [0.4, 0.5) is 15.9 Å². The lowest BCUT2D eigenvalue weighted by Crippen LogP contribution is -2.54. The average molecular weight is 823 g/mol. The Kier molecular flexibility index (Phi) is 10.1. The van der Waals surface area contributed by atoms with Gasteiger partial charge >= 0.3 is 0 Å². The second kappa shape index (κ2) is 15.8. The average Bonchev–Trinajstić information content (AvgIpc) is 3.98. The molecule has 10 rings (SSSR count). The number of hydrogen-bond donors (Lipinski definition) is 3. The van der Waals surface area contributed by atoms with Crippen molar-refractivity contribution < 1.29 is 23.3 Å². The number of aromatic amines is 1. The van der Waals surface area contributed by atoms with Crippen molar-refractivity contribution in [3.05, 3.63) is 102 Å². The zero-order chi connectivity index (χ0) is 41.8. The van der Waals surface area contributed by atoms with E-state index in [-0.39, 0.29) is 24.0 Å². The number of methoxy groups -OCH3 is 1. The molecule has 2 saturated heterocycles. The molecule has 3 N–H and O–H groups in total. The summed E-state index contributed by atoms with van der Waals surface area (Å²) in [7, 11) is 1.60. The summed E-state index contributed by atoms with van der Waals surface area (Å²) in [5.41, 5.74) is 9.83. The van der Waals surface area contributed by atoms with Crippen LogP contribution >= 0.6 is 0 Å². The normalized spacial score (nSPS) is 19.2. The van der Waals surface area contributed by atoms with Gasteiger partial charge in [-0.05, 0) is 106 Å². The van der Waals surface area contributed by atoms with Crippen LogP contribution < -0.4 is 39.3 Å². The first-order valence-electron chi connectivity index (χ1n) is 21.4. The number of ether oxygens (including phenoxy) is 3. The molecule has 13 heteroatoms. The molecule has 0 bridgehead atoms. The van der Waals surface area contributed by atoms with Crippen molar-refractivity contribution in [3.8, 4) is 62.0 Å². The largest absolute Gasteiger partial charge is 0.488 e. The molecule has 0 unspecified atom stereocenters. The van der Waals surface area contributed by atoms with E-state index in [0.717, 1.165) is 89.5 Å². The molecule has 3 aromatic heterocycles. The van der Waals surface area contributed by atoms with Crippen molar-refractivity contribution in [2.24, 2.45) is 0 Å². The molecule has 0 amide bonds. The van der Waals surface area contributed by atoms with Crippen LogP contribution in [0.1, 0.15) is 58.1 Å². The number of fused-ring (bicyclic) bond motifs is 6. The molecule has 12 nitrogen and oxygen atoms in total. The minimum atomic E-state index is -0.323. The molecule has 6 aromatic rings. The van der Waals surface area contributed by atoms with Gasteiger partial charge in [-0.15, -0.1) is 0 Å². The molecular weight excluding hydrogens is 770 g/mol. The minimum absolute atomic E-state index is 0.0495. The molecule has 4 aliphatic rings. The first-order valence-corrected chi connectivity index (χ1v) is 21.4. The highest BCUT2D eigenvalue weighted by Crippen LogP contribution is 2.43. The van der Waals surface area contributed by atoms with Crippen LogP contribution in [-0.4, -0.2) is 70.7 Å². The summed E-state index contributed by atoms with van der Waals surface area (Å²) in [6.07, 6.45) is 8.62. The summed E-state index contributed by atoms with van der Waals surface area (Å²) in [6, 6.07) is 23.7. The highest BCUT2D eigenvalue weighted by Gasteiger charge is 2.32. The van der Waals surface area contributed by atoms with Crippen molar-refractivity contribution in [1.82, 2.24) is 30.9 Å². The SMILES string of the molecule is COc1cc(-c2ccc3c(c2F)COc2nc(N4CC[C@H](NC(C)(C)C)C4)ccc2-3)c[n+](CN(c2ccc3c(c2)OCc2cc(-c4cn[nH]c4)ccc2-3)[C@H]2CCN[C@H](C)C2)n1. The van der Waals surface area contributed by atoms with Crippen molar-refractivity contribution in [2.45, 2.75) is 90.5 Å². The van der Waals surface area contributed by atoms with E-state index in [4.69, 9.17) is 24.3 Å². The van der Waals surface area contributed by atoms with Crippen LogP contribution in [0.5, 0.6) is 17.5 Å². The van der Waals surface area contributed by atoms with E-state index < -0.39 is 0 Å². The van der Waals surface area contributed by atoms with Gasteiger partial charge in [0.1, 0.15) is 30.6 Å². The fourth-order valence-electron chi connectivity index (χ4n) is 9.54. The third-order valence-corrected chi connectivity index (χ3v) is 12.4. The lowest BCUT2D eigenvalue weighted by molar-refractivity contribution is -0.753. The molecular formula is C48H53FN9O3+. The number of anilines is 2. The maximum absolute atomic E-state index is 16.8. The minimum Gasteiger partial charge on any atom is -0.488 e. The molecule has 314 valence electrons. The Morgan fingerprint density at radius 2 is 1.77 bits per heavy atom. The van der Waals surface area contributed by atoms with E-state index in [1.165, 1.54) is 5.56 Å². The fraction of sp³-hybridized carbons (Fsp3) is 0.375. The summed E-state index contributed by atoms with van der Waals surface area (Å²) in [5.74, 6) is 2.34. The zero-order valence-corrected chi connectivity index (χ0v) is 35.5. The standard InChI is InChI=1S/C48H53FN9O3/c1-29-18-36(14-16-50-29)58(35-7-9-40-37-8-6-30(33-22-51-52-23-33)19-32(37)26-60-43(40)21-35)28-57-24-31(20-45(55-57)59-5)38-10-11-39-41-12-13-44(53-47(41)61-27-42(39)46(38)49)56-17-15-34(25-56)54-48(2,3)4/h6-13,19-24,29,34,36,50,54H,14-18,25-28H2,1-5H3,(H,51,52)/q+1/t29-,34+,36+/m1/s1. The van der Waals surface area contributed by atoms with E-state index in [9.17, 15) is 0 Å². The monoisotopic (exact) mass is 822 g/mol. The van der Waals surface area contributed by atoms with Gasteiger partial charge in [-0.2, -0.15) is 10.1 Å². The first-order chi connectivity index (χ1) is 29.6. The Hall–Kier alpha value is -6.05. The van der Waals surface area contributed by atoms with Crippen LogP contribution in [-0.2, 0) is 19.9 Å². The molecule has 0 saturated carbocycles. The Balaban J connectivity index is 0.936. The molecule has 7 heterocycles. The summed E-state index contributed by atoms with van der Waals surface area (Å²) < 4.78 is 37.1. The molecule has 2 fully saturated rings. The third kappa shape index (κ3) is 7.76. The summed E-state index contributed by atoms with van der Waals surface area (Å²) in [5, 5.41) is 19.2. The maximum Gasteiger partial charge on any atom is 0.279 e. The number of nitrogens with one attached hydrogen (secondary N) is 3.